The highest BCUT2D eigenvalue weighted by Gasteiger charge is 2.14. The number of nitro groups is 1. The van der Waals surface area contributed by atoms with Gasteiger partial charge in [-0.3, -0.25) is 14.9 Å². The second kappa shape index (κ2) is 8.82. The molecular weight excluding hydrogens is 338 g/mol. The van der Waals surface area contributed by atoms with Gasteiger partial charge in [0.1, 0.15) is 18.0 Å². The Labute approximate surface area is 151 Å². The van der Waals surface area contributed by atoms with E-state index in [4.69, 9.17) is 9.47 Å². The van der Waals surface area contributed by atoms with Crippen LogP contribution in [-0.2, 0) is 11.3 Å². The van der Waals surface area contributed by atoms with E-state index >= 15 is 0 Å². The minimum Gasteiger partial charge on any atom is -0.497 e. The normalized spacial score (nSPS) is 11.5. The van der Waals surface area contributed by atoms with E-state index in [1.54, 1.807) is 20.3 Å². The Kier molecular flexibility index (Phi) is 6.51. The second-order valence-corrected chi connectivity index (χ2v) is 5.84. The second-order valence-electron chi connectivity index (χ2n) is 5.84. The molecule has 0 saturated carbocycles. The van der Waals surface area contributed by atoms with Crippen LogP contribution in [-0.4, -0.2) is 38.6 Å². The lowest BCUT2D eigenvalue weighted by Gasteiger charge is -2.16. The van der Waals surface area contributed by atoms with Gasteiger partial charge in [-0.05, 0) is 24.3 Å². The molecule has 0 bridgehead atoms. The van der Waals surface area contributed by atoms with E-state index in [0.29, 0.717) is 23.7 Å². The topological polar surface area (TPSA) is 95.1 Å². The fourth-order valence-corrected chi connectivity index (χ4v) is 2.53. The van der Waals surface area contributed by atoms with Crippen LogP contribution in [0.25, 0.3) is 0 Å². The van der Waals surface area contributed by atoms with Gasteiger partial charge >= 0.3 is 0 Å². The molecule has 138 valence electrons. The number of non-ortho nitro benzene ring substituents is 1. The number of quaternary nitrogens is 1. The van der Waals surface area contributed by atoms with Gasteiger partial charge in [0.05, 0.1) is 26.2 Å². The lowest BCUT2D eigenvalue weighted by Crippen LogP contribution is -3.08. The SMILES string of the molecule is COc1ccc(C[NH+](C)CC(=O)Nc2ccc([N+](=O)[O-])cc2)c(OC)c1. The van der Waals surface area contributed by atoms with Crippen LogP contribution in [0.1, 0.15) is 5.56 Å². The van der Waals surface area contributed by atoms with E-state index in [1.165, 1.54) is 24.3 Å². The third-order valence-electron chi connectivity index (χ3n) is 3.81. The summed E-state index contributed by atoms with van der Waals surface area (Å²) < 4.78 is 10.5. The molecule has 8 heteroatoms. The molecule has 0 radical (unpaired) electrons. The first-order chi connectivity index (χ1) is 12.4. The Morgan fingerprint density at radius 3 is 2.42 bits per heavy atom. The quantitative estimate of drug-likeness (QED) is 0.546. The highest BCUT2D eigenvalue weighted by Crippen LogP contribution is 2.23. The number of amides is 1. The Morgan fingerprint density at radius 1 is 1.15 bits per heavy atom. The first-order valence-electron chi connectivity index (χ1n) is 7.99. The van der Waals surface area contributed by atoms with Crippen LogP contribution in [0.4, 0.5) is 11.4 Å². The highest BCUT2D eigenvalue weighted by molar-refractivity contribution is 5.91. The Balaban J connectivity index is 1.93. The predicted molar refractivity (Wildman–Crippen MR) is 96.7 cm³/mol. The lowest BCUT2D eigenvalue weighted by molar-refractivity contribution is -0.885. The van der Waals surface area contributed by atoms with Gasteiger partial charge in [0.15, 0.2) is 6.54 Å². The van der Waals surface area contributed by atoms with E-state index in [1.807, 2.05) is 19.2 Å². The monoisotopic (exact) mass is 360 g/mol. The molecule has 0 spiro atoms. The van der Waals surface area contributed by atoms with Crippen LogP contribution >= 0.6 is 0 Å². The van der Waals surface area contributed by atoms with Crippen LogP contribution in [0, 0.1) is 10.1 Å². The molecule has 1 amide bonds. The van der Waals surface area contributed by atoms with Crippen molar-refractivity contribution in [2.24, 2.45) is 0 Å². The molecule has 0 aliphatic carbocycles. The first-order valence-corrected chi connectivity index (χ1v) is 7.99. The lowest BCUT2D eigenvalue weighted by atomic mass is 10.2. The molecule has 2 aromatic rings. The summed E-state index contributed by atoms with van der Waals surface area (Å²) in [5.41, 5.74) is 1.47. The summed E-state index contributed by atoms with van der Waals surface area (Å²) in [4.78, 5) is 23.3. The van der Waals surface area contributed by atoms with Gasteiger partial charge in [0.25, 0.3) is 11.6 Å². The number of rotatable bonds is 8. The summed E-state index contributed by atoms with van der Waals surface area (Å²) >= 11 is 0. The van der Waals surface area contributed by atoms with Gasteiger partial charge in [0.2, 0.25) is 0 Å². The number of hydrogen-bond acceptors (Lipinski definition) is 5. The average Bonchev–Trinajstić information content (AvgIpc) is 2.62. The largest absolute Gasteiger partial charge is 0.497 e. The number of likely N-dealkylation sites (N-methyl/N-ethyl adjacent to an activating group) is 1. The number of carbonyl (C=O) groups is 1. The van der Waals surface area contributed by atoms with Crippen molar-refractivity contribution in [3.63, 3.8) is 0 Å². The molecule has 0 aromatic heterocycles. The number of nitro benzene ring substituents is 1. The zero-order chi connectivity index (χ0) is 19.1. The smallest absolute Gasteiger partial charge is 0.279 e. The molecule has 1 unspecified atom stereocenters. The zero-order valence-electron chi connectivity index (χ0n) is 14.9. The molecule has 0 fully saturated rings. The minimum atomic E-state index is -0.480. The first kappa shape index (κ1) is 19.2. The summed E-state index contributed by atoms with van der Waals surface area (Å²) in [6.45, 7) is 0.840. The molecule has 2 aromatic carbocycles. The zero-order valence-corrected chi connectivity index (χ0v) is 14.9. The van der Waals surface area contributed by atoms with Crippen LogP contribution in [0.2, 0.25) is 0 Å². The molecule has 26 heavy (non-hydrogen) atoms. The number of carbonyl (C=O) groups excluding carboxylic acids is 1. The van der Waals surface area contributed by atoms with Crippen molar-refractivity contribution in [3.05, 3.63) is 58.1 Å². The van der Waals surface area contributed by atoms with Crippen molar-refractivity contribution in [3.8, 4) is 11.5 Å². The van der Waals surface area contributed by atoms with Crippen LogP contribution in [0.3, 0.4) is 0 Å². The maximum absolute atomic E-state index is 12.2. The third kappa shape index (κ3) is 5.18. The fraction of sp³-hybridized carbons (Fsp3) is 0.278. The molecule has 0 aliphatic rings. The number of hydrogen-bond donors (Lipinski definition) is 2. The van der Waals surface area contributed by atoms with Crippen LogP contribution in [0.15, 0.2) is 42.5 Å². The maximum atomic E-state index is 12.2. The summed E-state index contributed by atoms with van der Waals surface area (Å²) in [5.74, 6) is 1.24. The van der Waals surface area contributed by atoms with Crippen molar-refractivity contribution in [1.29, 1.82) is 0 Å². The molecule has 0 saturated heterocycles. The summed E-state index contributed by atoms with van der Waals surface area (Å²) in [7, 11) is 5.09. The number of ether oxygens (including phenoxy) is 2. The van der Waals surface area contributed by atoms with Crippen molar-refractivity contribution in [1.82, 2.24) is 0 Å². The minimum absolute atomic E-state index is 0.0163. The number of anilines is 1. The van der Waals surface area contributed by atoms with E-state index in [0.717, 1.165) is 10.5 Å². The van der Waals surface area contributed by atoms with Crippen LogP contribution in [0.5, 0.6) is 11.5 Å². The summed E-state index contributed by atoms with van der Waals surface area (Å²) in [6.07, 6.45) is 0. The Hall–Kier alpha value is -3.13. The standard InChI is InChI=1S/C18H21N3O5/c1-20(11-13-4-9-16(25-2)10-17(13)26-3)12-18(22)19-14-5-7-15(8-6-14)21(23)24/h4-10H,11-12H2,1-3H3,(H,19,22)/p+1. The van der Waals surface area contributed by atoms with Gasteiger partial charge in [-0.15, -0.1) is 0 Å². The van der Waals surface area contributed by atoms with E-state index in [-0.39, 0.29) is 18.1 Å². The number of nitrogens with one attached hydrogen (secondary N) is 2. The van der Waals surface area contributed by atoms with E-state index < -0.39 is 4.92 Å². The Morgan fingerprint density at radius 2 is 1.85 bits per heavy atom. The van der Waals surface area contributed by atoms with Crippen molar-refractivity contribution >= 4 is 17.3 Å². The average molecular weight is 360 g/mol. The molecule has 1 atom stereocenters. The summed E-state index contributed by atoms with van der Waals surface area (Å²) in [6, 6.07) is 11.3. The van der Waals surface area contributed by atoms with Crippen LogP contribution < -0.4 is 19.7 Å². The van der Waals surface area contributed by atoms with Gasteiger partial charge in [-0.2, -0.15) is 0 Å². The molecule has 8 nitrogen and oxygen atoms in total. The number of methoxy groups -OCH3 is 2. The van der Waals surface area contributed by atoms with Gasteiger partial charge in [-0.25, -0.2) is 0 Å². The van der Waals surface area contributed by atoms with E-state index in [9.17, 15) is 14.9 Å². The maximum Gasteiger partial charge on any atom is 0.279 e. The number of nitrogens with zero attached hydrogens (tertiary/aromatic N) is 1. The predicted octanol–water partition coefficient (Wildman–Crippen LogP) is 1.27. The highest BCUT2D eigenvalue weighted by atomic mass is 16.6. The molecular formula is C18H22N3O5+. The van der Waals surface area contributed by atoms with E-state index in [2.05, 4.69) is 5.32 Å². The molecule has 0 heterocycles. The molecule has 0 aliphatic heterocycles. The summed E-state index contributed by atoms with van der Waals surface area (Å²) in [5, 5.41) is 13.4. The molecule has 2 N–H and O–H groups in total. The van der Waals surface area contributed by atoms with Gasteiger partial charge in [-0.1, -0.05) is 0 Å². The van der Waals surface area contributed by atoms with Gasteiger partial charge in [0, 0.05) is 29.4 Å². The van der Waals surface area contributed by atoms with Crippen molar-refractivity contribution in [2.75, 3.05) is 33.1 Å². The van der Waals surface area contributed by atoms with Crippen molar-refractivity contribution in [2.45, 2.75) is 6.54 Å². The third-order valence-corrected chi connectivity index (χ3v) is 3.81. The number of benzene rings is 2. The fourth-order valence-electron chi connectivity index (χ4n) is 2.53. The molecule has 2 rings (SSSR count). The van der Waals surface area contributed by atoms with Gasteiger partial charge < -0.3 is 19.7 Å². The van der Waals surface area contributed by atoms with Crippen molar-refractivity contribution < 1.29 is 24.1 Å². The Bertz CT molecular complexity index is 777.